The Hall–Kier alpha value is -1.28. The van der Waals surface area contributed by atoms with E-state index in [1.165, 1.54) is 12.0 Å². The fourth-order valence-corrected chi connectivity index (χ4v) is 5.11. The number of carbonyl (C=O) groups excluding carboxylic acids is 2. The zero-order valence-corrected chi connectivity index (χ0v) is 21.5. The Morgan fingerprint density at radius 2 is 1.91 bits per heavy atom. The van der Waals surface area contributed by atoms with Crippen LogP contribution in [0, 0.1) is 17.8 Å². The Balaban J connectivity index is 1.65. The minimum atomic E-state index is -0.166. The van der Waals surface area contributed by atoms with Crippen molar-refractivity contribution in [1.29, 1.82) is 0 Å². The highest BCUT2D eigenvalue weighted by Gasteiger charge is 2.34. The highest BCUT2D eigenvalue weighted by Crippen LogP contribution is 2.42. The van der Waals surface area contributed by atoms with Crippen LogP contribution in [0.5, 0.6) is 0 Å². The van der Waals surface area contributed by atoms with Crippen molar-refractivity contribution >= 4 is 11.7 Å². The molecule has 0 radical (unpaired) electrons. The average Bonchev–Trinajstić information content (AvgIpc) is 2.83. The number of rotatable bonds is 15. The molecule has 7 nitrogen and oxygen atoms in total. The SMILES string of the molecule is CO[C@@H]1CC[C@@H]2CC([C@H](C)C(=O)NCCCC(NCCNC[C@H](C)OC)C(C)=O)=CC[C@@H]2C1. The molecule has 0 spiro atoms. The number of fused-ring (bicyclic) bond motifs is 1. The molecule has 190 valence electrons. The number of nitrogens with one attached hydrogen (secondary N) is 3. The molecule has 7 heteroatoms. The topological polar surface area (TPSA) is 88.7 Å². The smallest absolute Gasteiger partial charge is 0.226 e. The molecular formula is C26H47N3O4. The number of hydrogen-bond acceptors (Lipinski definition) is 6. The van der Waals surface area contributed by atoms with Crippen molar-refractivity contribution in [3.05, 3.63) is 11.6 Å². The van der Waals surface area contributed by atoms with E-state index in [4.69, 9.17) is 9.47 Å². The predicted octanol–water partition coefficient (Wildman–Crippen LogP) is 2.84. The average molecular weight is 466 g/mol. The number of methoxy groups -OCH3 is 2. The van der Waals surface area contributed by atoms with E-state index in [0.29, 0.717) is 24.5 Å². The van der Waals surface area contributed by atoms with Crippen LogP contribution in [-0.2, 0) is 19.1 Å². The molecule has 2 rings (SSSR count). The van der Waals surface area contributed by atoms with Crippen molar-refractivity contribution in [3.63, 3.8) is 0 Å². The van der Waals surface area contributed by atoms with Crippen LogP contribution >= 0.6 is 0 Å². The van der Waals surface area contributed by atoms with Crippen LogP contribution in [0.2, 0.25) is 0 Å². The Kier molecular flexibility index (Phi) is 12.6. The zero-order valence-electron chi connectivity index (χ0n) is 21.5. The summed E-state index contributed by atoms with van der Waals surface area (Å²) >= 11 is 0. The van der Waals surface area contributed by atoms with Gasteiger partial charge in [-0.1, -0.05) is 11.6 Å². The van der Waals surface area contributed by atoms with E-state index in [-0.39, 0.29) is 29.8 Å². The second-order valence-electron chi connectivity index (χ2n) is 9.93. The van der Waals surface area contributed by atoms with Gasteiger partial charge in [-0.15, -0.1) is 0 Å². The molecule has 0 aromatic carbocycles. The van der Waals surface area contributed by atoms with Gasteiger partial charge in [-0.3, -0.25) is 9.59 Å². The molecule has 1 saturated carbocycles. The summed E-state index contributed by atoms with van der Waals surface area (Å²) in [5, 5.41) is 9.73. The first-order valence-electron chi connectivity index (χ1n) is 12.8. The molecule has 1 unspecified atom stereocenters. The van der Waals surface area contributed by atoms with Gasteiger partial charge in [0.1, 0.15) is 5.78 Å². The van der Waals surface area contributed by atoms with Crippen LogP contribution in [-0.4, -0.2) is 70.3 Å². The van der Waals surface area contributed by atoms with E-state index >= 15 is 0 Å². The van der Waals surface area contributed by atoms with Crippen LogP contribution < -0.4 is 16.0 Å². The fourth-order valence-electron chi connectivity index (χ4n) is 5.11. The van der Waals surface area contributed by atoms with Gasteiger partial charge in [0, 0.05) is 40.4 Å². The molecule has 2 aliphatic rings. The van der Waals surface area contributed by atoms with Gasteiger partial charge in [-0.05, 0) is 77.6 Å². The van der Waals surface area contributed by atoms with Crippen molar-refractivity contribution < 1.29 is 19.1 Å². The molecule has 0 aromatic heterocycles. The lowest BCUT2D eigenvalue weighted by molar-refractivity contribution is -0.123. The third-order valence-corrected chi connectivity index (χ3v) is 7.54. The molecule has 0 aliphatic heterocycles. The first kappa shape index (κ1) is 28.0. The van der Waals surface area contributed by atoms with Crippen LogP contribution in [0.15, 0.2) is 11.6 Å². The minimum absolute atomic E-state index is 0.0756. The summed E-state index contributed by atoms with van der Waals surface area (Å²) in [4.78, 5) is 24.7. The van der Waals surface area contributed by atoms with Crippen LogP contribution in [0.25, 0.3) is 0 Å². The normalized spacial score (nSPS) is 25.5. The summed E-state index contributed by atoms with van der Waals surface area (Å²) in [6.07, 6.45) is 10.0. The molecule has 33 heavy (non-hydrogen) atoms. The van der Waals surface area contributed by atoms with Crippen LogP contribution in [0.1, 0.15) is 65.7 Å². The highest BCUT2D eigenvalue weighted by molar-refractivity contribution is 5.82. The lowest BCUT2D eigenvalue weighted by atomic mass is 9.69. The lowest BCUT2D eigenvalue weighted by Crippen LogP contribution is -2.41. The molecule has 0 heterocycles. The number of Topliss-reactive ketones (excluding diaryl/α,β-unsaturated/α-hetero) is 1. The highest BCUT2D eigenvalue weighted by atomic mass is 16.5. The van der Waals surface area contributed by atoms with Crippen molar-refractivity contribution in [3.8, 4) is 0 Å². The first-order valence-corrected chi connectivity index (χ1v) is 12.8. The number of carbonyl (C=O) groups is 2. The number of ether oxygens (including phenoxy) is 2. The lowest BCUT2D eigenvalue weighted by Gasteiger charge is -2.39. The third-order valence-electron chi connectivity index (χ3n) is 7.54. The van der Waals surface area contributed by atoms with E-state index in [1.54, 1.807) is 14.0 Å². The number of ketones is 1. The zero-order chi connectivity index (χ0) is 24.2. The maximum Gasteiger partial charge on any atom is 0.226 e. The fraction of sp³-hybridized carbons (Fsp3) is 0.846. The molecular weight excluding hydrogens is 418 g/mol. The summed E-state index contributed by atoms with van der Waals surface area (Å²) in [6, 6.07) is -0.166. The van der Waals surface area contributed by atoms with Gasteiger partial charge in [0.2, 0.25) is 5.91 Å². The van der Waals surface area contributed by atoms with Gasteiger partial charge >= 0.3 is 0 Å². The van der Waals surface area contributed by atoms with Crippen molar-refractivity contribution in [2.24, 2.45) is 17.8 Å². The van der Waals surface area contributed by atoms with Crippen LogP contribution in [0.3, 0.4) is 0 Å². The summed E-state index contributed by atoms with van der Waals surface area (Å²) in [5.41, 5.74) is 1.29. The van der Waals surface area contributed by atoms with Crippen molar-refractivity contribution in [2.75, 3.05) is 40.4 Å². The third kappa shape index (κ3) is 9.47. The summed E-state index contributed by atoms with van der Waals surface area (Å²) < 4.78 is 10.8. The van der Waals surface area contributed by atoms with Crippen molar-refractivity contribution in [2.45, 2.75) is 84.0 Å². The Morgan fingerprint density at radius 3 is 2.61 bits per heavy atom. The van der Waals surface area contributed by atoms with Gasteiger partial charge in [-0.2, -0.15) is 0 Å². The summed E-state index contributed by atoms with van der Waals surface area (Å²) in [7, 11) is 3.52. The molecule has 3 N–H and O–H groups in total. The maximum atomic E-state index is 12.7. The van der Waals surface area contributed by atoms with Gasteiger partial charge < -0.3 is 25.4 Å². The van der Waals surface area contributed by atoms with E-state index in [9.17, 15) is 9.59 Å². The van der Waals surface area contributed by atoms with Gasteiger partial charge in [-0.25, -0.2) is 0 Å². The van der Waals surface area contributed by atoms with E-state index in [0.717, 1.165) is 58.2 Å². The summed E-state index contributed by atoms with van der Waals surface area (Å²) in [5.74, 6) is 1.58. The number of allylic oxidation sites excluding steroid dienone is 1. The van der Waals surface area contributed by atoms with E-state index < -0.39 is 0 Å². The monoisotopic (exact) mass is 465 g/mol. The van der Waals surface area contributed by atoms with Crippen molar-refractivity contribution in [1.82, 2.24) is 16.0 Å². The first-order chi connectivity index (χ1) is 15.8. The standard InChI is InChI=1S/C26H47N3O4/c1-18(32-4)17-27-13-14-28-25(20(3)30)7-6-12-29-26(31)19(2)21-8-9-23-16-24(33-5)11-10-22(23)15-21/h8,18-19,22-25,27-28H,6-7,9-17H2,1-5H3,(H,29,31)/t18-,19-,22+,23+,24+,25?/m0/s1. The molecule has 0 bridgehead atoms. The van der Waals surface area contributed by atoms with E-state index in [2.05, 4.69) is 22.0 Å². The van der Waals surface area contributed by atoms with Gasteiger partial charge in [0.05, 0.1) is 24.2 Å². The Morgan fingerprint density at radius 1 is 1.12 bits per heavy atom. The van der Waals surface area contributed by atoms with Gasteiger partial charge in [0.15, 0.2) is 0 Å². The van der Waals surface area contributed by atoms with E-state index in [1.807, 2.05) is 21.0 Å². The Bertz CT molecular complexity index is 639. The molecule has 1 fully saturated rings. The Labute approximate surface area is 200 Å². The van der Waals surface area contributed by atoms with Gasteiger partial charge in [0.25, 0.3) is 0 Å². The largest absolute Gasteiger partial charge is 0.381 e. The summed E-state index contributed by atoms with van der Waals surface area (Å²) in [6.45, 7) is 8.58. The second-order valence-corrected chi connectivity index (χ2v) is 9.93. The quantitative estimate of drug-likeness (QED) is 0.255. The molecule has 0 aromatic rings. The molecule has 2 aliphatic carbocycles. The molecule has 6 atom stereocenters. The number of hydrogen-bond donors (Lipinski definition) is 3. The second kappa shape index (κ2) is 14.9. The van der Waals surface area contributed by atoms with Crippen LogP contribution in [0.4, 0.5) is 0 Å². The molecule has 1 amide bonds. The minimum Gasteiger partial charge on any atom is -0.381 e. The maximum absolute atomic E-state index is 12.7. The molecule has 0 saturated heterocycles. The predicted molar refractivity (Wildman–Crippen MR) is 132 cm³/mol. The number of amides is 1.